The van der Waals surface area contributed by atoms with Gasteiger partial charge in [-0.05, 0) is 37.1 Å². The van der Waals surface area contributed by atoms with Crippen LogP contribution in [-0.4, -0.2) is 14.2 Å². The molecule has 0 unspecified atom stereocenters. The van der Waals surface area contributed by atoms with Gasteiger partial charge in [-0.3, -0.25) is 0 Å². The van der Waals surface area contributed by atoms with Gasteiger partial charge >= 0.3 is 0 Å². The topological polar surface area (TPSA) is 34.1 Å². The summed E-state index contributed by atoms with van der Waals surface area (Å²) in [6.07, 6.45) is 1.77. The fourth-order valence-electron chi connectivity index (χ4n) is 1.22. The Morgan fingerprint density at radius 2 is 1.82 bits per heavy atom. The van der Waals surface area contributed by atoms with Crippen molar-refractivity contribution in [1.29, 1.82) is 0 Å². The molecule has 4 heteroatoms. The van der Waals surface area contributed by atoms with Crippen molar-refractivity contribution in [3.8, 4) is 0 Å². The van der Waals surface area contributed by atoms with Crippen molar-refractivity contribution in [1.82, 2.24) is 0 Å². The third kappa shape index (κ3) is 4.17. The van der Waals surface area contributed by atoms with Gasteiger partial charge in [0.2, 0.25) is 0 Å². The molecule has 1 rings (SSSR count). The van der Waals surface area contributed by atoms with Crippen molar-refractivity contribution in [2.24, 2.45) is 5.92 Å². The van der Waals surface area contributed by atoms with Crippen LogP contribution in [0, 0.1) is 5.92 Å². The number of allylic oxidation sites excluding steroid dienone is 1. The molecule has 0 amide bonds. The number of rotatable bonds is 4. The molecule has 0 aliphatic rings. The lowest BCUT2D eigenvalue weighted by Gasteiger charge is -2.06. The molecule has 0 radical (unpaired) electrons. The summed E-state index contributed by atoms with van der Waals surface area (Å²) >= 11 is 5.72. The minimum atomic E-state index is -3.24. The van der Waals surface area contributed by atoms with Crippen LogP contribution in [0.5, 0.6) is 0 Å². The Morgan fingerprint density at radius 3 is 2.29 bits per heavy atom. The maximum atomic E-state index is 12.0. The Kier molecular flexibility index (Phi) is 4.78. The third-order valence-electron chi connectivity index (χ3n) is 2.71. The van der Waals surface area contributed by atoms with E-state index in [1.165, 1.54) is 12.1 Å². The lowest BCUT2D eigenvalue weighted by Crippen LogP contribution is -2.05. The molecule has 0 aliphatic carbocycles. The van der Waals surface area contributed by atoms with E-state index in [9.17, 15) is 8.42 Å². The van der Waals surface area contributed by atoms with Crippen molar-refractivity contribution in [3.63, 3.8) is 0 Å². The Balaban J connectivity index is 2.90. The second-order valence-corrected chi connectivity index (χ2v) is 6.81. The monoisotopic (exact) mass is 272 g/mol. The summed E-state index contributed by atoms with van der Waals surface area (Å²) < 4.78 is 24.0. The zero-order valence-electron chi connectivity index (χ0n) is 10.3. The molecule has 0 saturated carbocycles. The SMILES string of the molecule is C/C(=C\CS(=O)(=O)c1ccc(Cl)cc1)C(C)C. The Labute approximate surface area is 108 Å². The zero-order chi connectivity index (χ0) is 13.1. The highest BCUT2D eigenvalue weighted by molar-refractivity contribution is 7.91. The molecule has 0 atom stereocenters. The van der Waals surface area contributed by atoms with Crippen molar-refractivity contribution in [3.05, 3.63) is 40.9 Å². The normalized spacial score (nSPS) is 13.1. The standard InChI is InChI=1S/C13H17ClO2S/c1-10(2)11(3)8-9-17(15,16)13-6-4-12(14)5-7-13/h4-8,10H,9H2,1-3H3/b11-8+. The van der Waals surface area contributed by atoms with Gasteiger partial charge in [0.25, 0.3) is 0 Å². The van der Waals surface area contributed by atoms with Gasteiger partial charge < -0.3 is 0 Å². The van der Waals surface area contributed by atoms with Gasteiger partial charge in [0.1, 0.15) is 0 Å². The molecule has 0 saturated heterocycles. The largest absolute Gasteiger partial charge is 0.223 e. The molecular weight excluding hydrogens is 256 g/mol. The molecule has 0 N–H and O–H groups in total. The third-order valence-corrected chi connectivity index (χ3v) is 4.56. The molecule has 0 heterocycles. The van der Waals surface area contributed by atoms with Crippen LogP contribution in [-0.2, 0) is 9.84 Å². The molecule has 1 aromatic rings. The summed E-state index contributed by atoms with van der Waals surface area (Å²) in [4.78, 5) is 0.315. The number of sulfone groups is 1. The second kappa shape index (κ2) is 5.69. The van der Waals surface area contributed by atoms with Crippen LogP contribution >= 0.6 is 11.6 Å². The van der Waals surface area contributed by atoms with Crippen LogP contribution in [0.15, 0.2) is 40.8 Å². The highest BCUT2D eigenvalue weighted by atomic mass is 35.5. The van der Waals surface area contributed by atoms with E-state index in [1.54, 1.807) is 18.2 Å². The van der Waals surface area contributed by atoms with Gasteiger partial charge in [-0.15, -0.1) is 0 Å². The molecular formula is C13H17ClO2S. The number of hydrogen-bond donors (Lipinski definition) is 0. The zero-order valence-corrected chi connectivity index (χ0v) is 11.8. The molecule has 2 nitrogen and oxygen atoms in total. The van der Waals surface area contributed by atoms with Crippen LogP contribution < -0.4 is 0 Å². The van der Waals surface area contributed by atoms with Crippen LogP contribution in [0.3, 0.4) is 0 Å². The number of halogens is 1. The summed E-state index contributed by atoms with van der Waals surface area (Å²) in [5.41, 5.74) is 1.09. The Morgan fingerprint density at radius 1 is 1.29 bits per heavy atom. The van der Waals surface area contributed by atoms with Crippen LogP contribution in [0.4, 0.5) is 0 Å². The van der Waals surface area contributed by atoms with Gasteiger partial charge in [-0.1, -0.05) is 37.1 Å². The van der Waals surface area contributed by atoms with Gasteiger partial charge in [-0.25, -0.2) is 8.42 Å². The first kappa shape index (κ1) is 14.3. The smallest absolute Gasteiger partial charge is 0.181 e. The van der Waals surface area contributed by atoms with E-state index in [1.807, 2.05) is 20.8 Å². The van der Waals surface area contributed by atoms with E-state index >= 15 is 0 Å². The Bertz CT molecular complexity index is 499. The second-order valence-electron chi connectivity index (χ2n) is 4.34. The van der Waals surface area contributed by atoms with Crippen molar-refractivity contribution in [2.75, 3.05) is 5.75 Å². The summed E-state index contributed by atoms with van der Waals surface area (Å²) in [7, 11) is -3.24. The van der Waals surface area contributed by atoms with E-state index in [4.69, 9.17) is 11.6 Å². The average Bonchev–Trinajstić information content (AvgIpc) is 2.26. The Hall–Kier alpha value is -0.800. The number of benzene rings is 1. The highest BCUT2D eigenvalue weighted by Gasteiger charge is 2.12. The van der Waals surface area contributed by atoms with E-state index in [2.05, 4.69) is 0 Å². The van der Waals surface area contributed by atoms with E-state index in [0.29, 0.717) is 15.8 Å². The predicted octanol–water partition coefficient (Wildman–Crippen LogP) is 3.72. The lowest BCUT2D eigenvalue weighted by molar-refractivity contribution is 0.598. The lowest BCUT2D eigenvalue weighted by atomic mass is 10.1. The summed E-state index contributed by atoms with van der Waals surface area (Å²) in [6, 6.07) is 6.26. The predicted molar refractivity (Wildman–Crippen MR) is 72.1 cm³/mol. The highest BCUT2D eigenvalue weighted by Crippen LogP contribution is 2.16. The van der Waals surface area contributed by atoms with Gasteiger partial charge in [0.15, 0.2) is 9.84 Å². The minimum absolute atomic E-state index is 0.0403. The van der Waals surface area contributed by atoms with Crippen LogP contribution in [0.2, 0.25) is 5.02 Å². The number of hydrogen-bond acceptors (Lipinski definition) is 2. The summed E-state index contributed by atoms with van der Waals surface area (Å²) in [5, 5.41) is 0.540. The summed E-state index contributed by atoms with van der Waals surface area (Å²) in [5.74, 6) is 0.411. The maximum Gasteiger partial charge on any atom is 0.181 e. The first-order valence-corrected chi connectivity index (χ1v) is 7.51. The fraction of sp³-hybridized carbons (Fsp3) is 0.385. The van der Waals surface area contributed by atoms with E-state index < -0.39 is 9.84 Å². The molecule has 0 aliphatic heterocycles. The first-order valence-electron chi connectivity index (χ1n) is 5.48. The van der Waals surface area contributed by atoms with Gasteiger partial charge in [0, 0.05) is 5.02 Å². The molecule has 0 fully saturated rings. The molecule has 17 heavy (non-hydrogen) atoms. The van der Waals surface area contributed by atoms with Gasteiger partial charge in [0.05, 0.1) is 10.6 Å². The molecule has 0 bridgehead atoms. The average molecular weight is 273 g/mol. The van der Waals surface area contributed by atoms with Crippen LogP contribution in [0.25, 0.3) is 0 Å². The van der Waals surface area contributed by atoms with Crippen molar-refractivity contribution >= 4 is 21.4 Å². The summed E-state index contributed by atoms with van der Waals surface area (Å²) in [6.45, 7) is 6.03. The molecule has 0 aromatic heterocycles. The van der Waals surface area contributed by atoms with Crippen LogP contribution in [0.1, 0.15) is 20.8 Å². The van der Waals surface area contributed by atoms with Crippen molar-refractivity contribution in [2.45, 2.75) is 25.7 Å². The maximum absolute atomic E-state index is 12.0. The molecule has 94 valence electrons. The van der Waals surface area contributed by atoms with E-state index in [0.717, 1.165) is 5.57 Å². The first-order chi connectivity index (χ1) is 7.83. The van der Waals surface area contributed by atoms with Crippen molar-refractivity contribution < 1.29 is 8.42 Å². The molecule has 0 spiro atoms. The minimum Gasteiger partial charge on any atom is -0.223 e. The molecule has 1 aromatic carbocycles. The van der Waals surface area contributed by atoms with Gasteiger partial charge in [-0.2, -0.15) is 0 Å². The fourth-order valence-corrected chi connectivity index (χ4v) is 2.57. The quantitative estimate of drug-likeness (QED) is 0.783. The van der Waals surface area contributed by atoms with E-state index in [-0.39, 0.29) is 5.75 Å².